The number of hydrogen-bond donors (Lipinski definition) is 0. The van der Waals surface area contributed by atoms with E-state index in [9.17, 15) is 0 Å². The van der Waals surface area contributed by atoms with Gasteiger partial charge in [0.15, 0.2) is 0 Å². The second kappa shape index (κ2) is 32.7. The quantitative estimate of drug-likeness (QED) is 0.166. The number of fused-ring (bicyclic) bond motifs is 30. The van der Waals surface area contributed by atoms with E-state index in [-0.39, 0.29) is 0 Å². The lowest BCUT2D eigenvalue weighted by Gasteiger charge is -2.09. The van der Waals surface area contributed by atoms with Crippen molar-refractivity contribution in [1.29, 1.82) is 0 Å². The summed E-state index contributed by atoms with van der Waals surface area (Å²) in [5, 5.41) is 20.9. The monoisotopic (exact) mass is 1810 g/mol. The van der Waals surface area contributed by atoms with Gasteiger partial charge in [-0.05, 0) is 256 Å². The topological polar surface area (TPSA) is 118 Å². The molecule has 0 aliphatic heterocycles. The Labute approximate surface area is 804 Å². The Morgan fingerprint density at radius 3 is 0.664 bits per heavy atom. The third kappa shape index (κ3) is 13.7. The lowest BCUT2D eigenvalue weighted by molar-refractivity contribution is 0.665. The van der Waals surface area contributed by atoms with Gasteiger partial charge in [-0.25, -0.2) is 0 Å². The van der Waals surface area contributed by atoms with E-state index in [0.29, 0.717) is 0 Å². The molecule has 140 heavy (non-hydrogen) atoms. The van der Waals surface area contributed by atoms with Crippen molar-refractivity contribution in [2.24, 2.45) is 0 Å². The van der Waals surface area contributed by atoms with E-state index in [1.54, 1.807) is 0 Å². The maximum absolute atomic E-state index is 6.43. The van der Waals surface area contributed by atoms with Crippen molar-refractivity contribution in [3.8, 4) is 66.8 Å². The van der Waals surface area contributed by atoms with Crippen LogP contribution in [0.5, 0.6) is 0 Å². The molecule has 670 valence electrons. The zero-order valence-electron chi connectivity index (χ0n) is 79.0. The van der Waals surface area contributed by atoms with Gasteiger partial charge >= 0.3 is 0 Å². The van der Waals surface area contributed by atoms with E-state index in [4.69, 9.17) is 39.8 Å². The van der Waals surface area contributed by atoms with Crippen molar-refractivity contribution < 1.29 is 39.8 Å². The van der Waals surface area contributed by atoms with Crippen molar-refractivity contribution in [2.45, 2.75) is 75.7 Å². The highest BCUT2D eigenvalue weighted by molar-refractivity contribution is 6.19. The molecular weight excluding hydrogens is 1720 g/mol. The van der Waals surface area contributed by atoms with Crippen molar-refractivity contribution in [2.75, 3.05) is 0 Å². The molecule has 1 aliphatic carbocycles. The minimum atomic E-state index is 0.914. The summed E-state index contributed by atoms with van der Waals surface area (Å²) in [4.78, 5) is 0. The summed E-state index contributed by atoms with van der Waals surface area (Å²) in [6.07, 6.45) is 0.989. The molecule has 0 unspecified atom stereocenters. The minimum Gasteiger partial charge on any atom is -0.456 e. The number of rotatable bonds is 5. The highest BCUT2D eigenvalue weighted by atomic mass is 16.4. The van der Waals surface area contributed by atoms with E-state index in [0.717, 1.165) is 238 Å². The van der Waals surface area contributed by atoms with Crippen LogP contribution in [0, 0.1) is 69.2 Å². The van der Waals surface area contributed by atoms with E-state index < -0.39 is 0 Å². The van der Waals surface area contributed by atoms with Gasteiger partial charge in [-0.1, -0.05) is 289 Å². The van der Waals surface area contributed by atoms with Crippen LogP contribution >= 0.6 is 0 Å². The van der Waals surface area contributed by atoms with Crippen LogP contribution in [0.1, 0.15) is 66.8 Å². The van der Waals surface area contributed by atoms with Crippen LogP contribution in [0.4, 0.5) is 0 Å². The second-order valence-corrected chi connectivity index (χ2v) is 38.0. The van der Waals surface area contributed by atoms with Gasteiger partial charge < -0.3 is 39.8 Å². The molecule has 29 aromatic rings. The lowest BCUT2D eigenvalue weighted by Crippen LogP contribution is -1.89. The average Bonchev–Trinajstić information content (AvgIpc) is 1.37. The zero-order valence-corrected chi connectivity index (χ0v) is 79.0. The SMILES string of the molecule is Cc1ccc2oc3c(-c4ccc5oc6c(C)cccc6c5c4)cccc3c2c1.Cc1ccc2oc3ccc(-c4cccc5c4oc4c(C)cccc45)cc3c2c1.Cc1ccc2oc3ccc(-c4cccc5c4oc4ccc(C)cc45)cc3c2c1.Cc1cccc2c1Cc1c-2cccc1-c1cccc2c1oc1c(C)cccc12.Cc1cccc2c1oc1ccc(-c3cccc4c3oc3c(C)cccc34)cc12. The molecule has 0 atom stereocenters. The smallest absolute Gasteiger partial charge is 0.143 e. The fourth-order valence-corrected chi connectivity index (χ4v) is 21.8. The van der Waals surface area contributed by atoms with Crippen LogP contribution < -0.4 is 0 Å². The van der Waals surface area contributed by atoms with E-state index in [1.165, 1.54) is 99.1 Å². The second-order valence-electron chi connectivity index (χ2n) is 38.0. The van der Waals surface area contributed by atoms with Crippen molar-refractivity contribution >= 4 is 197 Å². The molecule has 9 heteroatoms. The molecule has 0 bridgehead atoms. The van der Waals surface area contributed by atoms with Crippen molar-refractivity contribution in [1.82, 2.24) is 0 Å². The molecule has 9 nitrogen and oxygen atoms in total. The molecule has 0 fully saturated rings. The first-order chi connectivity index (χ1) is 68.5. The molecule has 0 radical (unpaired) electrons. The standard InChI is InChI=1S/C27H20O.4C26H18O2/c1-16-7-3-9-18-19-10-5-11-20(25(19)15-24(16)18)21-13-6-14-23-22-12-4-8-17(2)26(22)28-27(21)23;1-15-6-4-10-21-22-14-17(12-13-23(22)27-24(15)21)18-8-5-11-20-19-9-3-7-16(2)25(19)28-26(18)20;1-15-9-11-23-21(13-15)20-8-4-6-18(26(20)28-23)17-10-12-24-22(14-17)19-7-3-5-16(2)25(19)27-24;1-15-9-11-23-21(13-15)22-14-17(10-12-24(22)27-23)18-6-4-8-20-19-7-3-5-16(2)25(19)28-26(18)20;1-15-7-10-25-20(12-15)19-5-3-4-18(26(19)28-25)17-8-11-24-22(14-17)21-13-16(2)6-9-23(21)27-24/h3-14H,15H2,1-2H3;4*3-14H,1-2H3. The highest BCUT2D eigenvalue weighted by Gasteiger charge is 2.27. The van der Waals surface area contributed by atoms with Gasteiger partial charge in [0.2, 0.25) is 0 Å². The molecule has 0 saturated carbocycles. The third-order valence-electron chi connectivity index (χ3n) is 28.9. The first-order valence-corrected chi connectivity index (χ1v) is 48.0. The molecular formula is C131H92O9. The van der Waals surface area contributed by atoms with Crippen LogP contribution in [0.2, 0.25) is 0 Å². The molecule has 20 aromatic carbocycles. The fourth-order valence-electron chi connectivity index (χ4n) is 21.8. The first kappa shape index (κ1) is 83.2. The Kier molecular flexibility index (Phi) is 19.4. The summed E-state index contributed by atoms with van der Waals surface area (Å²) in [5.74, 6) is 0. The summed E-state index contributed by atoms with van der Waals surface area (Å²) < 4.78 is 55.9. The number of aryl methyl sites for hydroxylation is 10. The van der Waals surface area contributed by atoms with Crippen LogP contribution in [0.3, 0.4) is 0 Å². The molecule has 1 aliphatic rings. The first-order valence-electron chi connectivity index (χ1n) is 48.0. The maximum Gasteiger partial charge on any atom is 0.143 e. The van der Waals surface area contributed by atoms with Crippen LogP contribution in [0.15, 0.2) is 404 Å². The summed E-state index contributed by atoms with van der Waals surface area (Å²) >= 11 is 0. The molecule has 9 aromatic heterocycles. The van der Waals surface area contributed by atoms with Crippen LogP contribution in [0.25, 0.3) is 264 Å². The molecule has 30 rings (SSSR count). The Bertz CT molecular complexity index is 9930. The van der Waals surface area contributed by atoms with E-state index in [2.05, 4.69) is 421 Å². The van der Waals surface area contributed by atoms with Gasteiger partial charge in [-0.3, -0.25) is 0 Å². The summed E-state index contributed by atoms with van der Waals surface area (Å²) in [6, 6.07) is 128. The molecule has 9 heterocycles. The average molecular weight is 1810 g/mol. The number of para-hydroxylation sites is 10. The lowest BCUT2D eigenvalue weighted by atomic mass is 9.94. The minimum absolute atomic E-state index is 0.914. The molecule has 0 amide bonds. The van der Waals surface area contributed by atoms with Crippen molar-refractivity contribution in [3.63, 3.8) is 0 Å². The van der Waals surface area contributed by atoms with Crippen molar-refractivity contribution in [3.05, 3.63) is 431 Å². The Morgan fingerprint density at radius 2 is 0.329 bits per heavy atom. The summed E-state index contributed by atoms with van der Waals surface area (Å²) in [5.41, 5.74) is 46.2. The number of benzene rings is 20. The van der Waals surface area contributed by atoms with E-state index >= 15 is 0 Å². The van der Waals surface area contributed by atoms with Gasteiger partial charge in [0, 0.05) is 125 Å². The van der Waals surface area contributed by atoms with Gasteiger partial charge in [-0.15, -0.1) is 0 Å². The largest absolute Gasteiger partial charge is 0.456 e. The summed E-state index contributed by atoms with van der Waals surface area (Å²) in [6.45, 7) is 21.1. The predicted molar refractivity (Wildman–Crippen MR) is 581 cm³/mol. The van der Waals surface area contributed by atoms with Gasteiger partial charge in [-0.2, -0.15) is 0 Å². The van der Waals surface area contributed by atoms with Crippen LogP contribution in [-0.4, -0.2) is 0 Å². The van der Waals surface area contributed by atoms with Crippen LogP contribution in [-0.2, 0) is 6.42 Å². The normalized spacial score (nSPS) is 12.0. The Balaban J connectivity index is 0.0000000900. The Hall–Kier alpha value is -17.4. The van der Waals surface area contributed by atoms with Gasteiger partial charge in [0.05, 0.1) is 0 Å². The number of hydrogen-bond acceptors (Lipinski definition) is 9. The Morgan fingerprint density at radius 1 is 0.136 bits per heavy atom. The van der Waals surface area contributed by atoms with E-state index in [1.807, 2.05) is 12.1 Å². The molecule has 0 N–H and O–H groups in total. The number of furan rings is 9. The summed E-state index contributed by atoms with van der Waals surface area (Å²) in [7, 11) is 0. The molecule has 0 spiro atoms. The zero-order chi connectivity index (χ0) is 94.1. The fraction of sp³-hybridized carbons (Fsp3) is 0.0840. The van der Waals surface area contributed by atoms with Gasteiger partial charge in [0.1, 0.15) is 100 Å². The maximum atomic E-state index is 6.43. The third-order valence-corrected chi connectivity index (χ3v) is 28.9. The highest BCUT2D eigenvalue weighted by Crippen LogP contribution is 2.50. The molecule has 0 saturated heterocycles. The predicted octanol–water partition coefficient (Wildman–Crippen LogP) is 38.5. The van der Waals surface area contributed by atoms with Gasteiger partial charge in [0.25, 0.3) is 0 Å².